The summed E-state index contributed by atoms with van der Waals surface area (Å²) in [5.74, 6) is -0.183. The summed E-state index contributed by atoms with van der Waals surface area (Å²) in [6, 6.07) is 5.99. The second kappa shape index (κ2) is 6.23. The number of likely N-dealkylation sites (tertiary alicyclic amines) is 1. The Balaban J connectivity index is 1.97. The summed E-state index contributed by atoms with van der Waals surface area (Å²) < 4.78 is 26.4. The molecule has 1 amide bonds. The number of nitrogens with one attached hydrogen (secondary N) is 1. The van der Waals surface area contributed by atoms with Crippen molar-refractivity contribution in [2.75, 3.05) is 25.4 Å². The molecule has 0 radical (unpaired) electrons. The number of nitrogens with zero attached hydrogens (tertiary/aromatic N) is 1. The lowest BCUT2D eigenvalue weighted by molar-refractivity contribution is -0.130. The number of anilines is 1. The molecule has 0 unspecified atom stereocenters. The number of hydrogen-bond donors (Lipinski definition) is 2. The van der Waals surface area contributed by atoms with Crippen LogP contribution in [0.3, 0.4) is 0 Å². The van der Waals surface area contributed by atoms with Crippen LogP contribution >= 0.6 is 0 Å². The van der Waals surface area contributed by atoms with Crippen LogP contribution < -0.4 is 10.5 Å². The normalized spacial score (nSPS) is 16.1. The third-order valence-corrected chi connectivity index (χ3v) is 4.69. The Kier molecular flexibility index (Phi) is 4.61. The fourth-order valence-corrected chi connectivity index (χ4v) is 3.21. The van der Waals surface area contributed by atoms with Crippen molar-refractivity contribution in [3.63, 3.8) is 0 Å². The number of sulfonamides is 1. The maximum atomic E-state index is 12.0. The number of carbonyl (C=O) groups excluding carboxylic acids is 1. The van der Waals surface area contributed by atoms with Gasteiger partial charge in [0.1, 0.15) is 0 Å². The van der Waals surface area contributed by atoms with Gasteiger partial charge in [-0.15, -0.1) is 0 Å². The highest BCUT2D eigenvalue weighted by Gasteiger charge is 2.20. The van der Waals surface area contributed by atoms with E-state index in [1.165, 1.54) is 12.1 Å². The number of nitrogens with two attached hydrogens (primary N) is 1. The largest absolute Gasteiger partial charge is 0.399 e. The summed E-state index contributed by atoms with van der Waals surface area (Å²) in [7, 11) is -3.69. The van der Waals surface area contributed by atoms with Crippen molar-refractivity contribution in [2.45, 2.75) is 24.2 Å². The van der Waals surface area contributed by atoms with Crippen LogP contribution in [-0.4, -0.2) is 38.9 Å². The van der Waals surface area contributed by atoms with Gasteiger partial charge in [0.25, 0.3) is 0 Å². The molecule has 0 spiro atoms. The van der Waals surface area contributed by atoms with Crippen LogP contribution in [0.15, 0.2) is 29.2 Å². The van der Waals surface area contributed by atoms with E-state index in [1.807, 2.05) is 0 Å². The van der Waals surface area contributed by atoms with Crippen LogP contribution in [0.2, 0.25) is 0 Å². The first kappa shape index (κ1) is 14.8. The Morgan fingerprint density at radius 1 is 1.25 bits per heavy atom. The molecule has 1 aliphatic rings. The van der Waals surface area contributed by atoms with E-state index in [0.29, 0.717) is 18.8 Å². The first-order chi connectivity index (χ1) is 9.49. The standard InChI is InChI=1S/C13H19N3O3S/c14-11-5-4-6-12(9-11)20(18,19)15-10-13(17)16-7-2-1-3-8-16/h4-6,9,15H,1-3,7-8,10,14H2. The van der Waals surface area contributed by atoms with Crippen LogP contribution in [0.25, 0.3) is 0 Å². The fourth-order valence-electron chi connectivity index (χ4n) is 2.18. The first-order valence-electron chi connectivity index (χ1n) is 6.62. The molecular weight excluding hydrogens is 278 g/mol. The molecule has 0 saturated carbocycles. The van der Waals surface area contributed by atoms with Crippen molar-refractivity contribution in [1.29, 1.82) is 0 Å². The van der Waals surface area contributed by atoms with Gasteiger partial charge in [-0.3, -0.25) is 4.79 Å². The van der Waals surface area contributed by atoms with Crippen LogP contribution in [0.4, 0.5) is 5.69 Å². The number of piperidine rings is 1. The molecule has 1 saturated heterocycles. The lowest BCUT2D eigenvalue weighted by Gasteiger charge is -2.26. The van der Waals surface area contributed by atoms with Crippen molar-refractivity contribution >= 4 is 21.6 Å². The minimum atomic E-state index is -3.69. The van der Waals surface area contributed by atoms with Gasteiger partial charge in [0.15, 0.2) is 0 Å². The van der Waals surface area contributed by atoms with Gasteiger partial charge < -0.3 is 10.6 Å². The SMILES string of the molecule is Nc1cccc(S(=O)(=O)NCC(=O)N2CCCCC2)c1. The highest BCUT2D eigenvalue weighted by Crippen LogP contribution is 2.13. The Hall–Kier alpha value is -1.60. The summed E-state index contributed by atoms with van der Waals surface area (Å²) in [4.78, 5) is 13.7. The number of amides is 1. The molecule has 1 aromatic carbocycles. The van der Waals surface area contributed by atoms with Gasteiger partial charge in [-0.25, -0.2) is 13.1 Å². The molecule has 1 aromatic rings. The highest BCUT2D eigenvalue weighted by molar-refractivity contribution is 7.89. The van der Waals surface area contributed by atoms with Gasteiger partial charge in [0.2, 0.25) is 15.9 Å². The predicted molar refractivity (Wildman–Crippen MR) is 76.5 cm³/mol. The zero-order valence-corrected chi connectivity index (χ0v) is 12.0. The Morgan fingerprint density at radius 3 is 2.60 bits per heavy atom. The first-order valence-corrected chi connectivity index (χ1v) is 8.10. The quantitative estimate of drug-likeness (QED) is 0.794. The number of nitrogen functional groups attached to an aromatic ring is 1. The monoisotopic (exact) mass is 297 g/mol. The molecule has 110 valence electrons. The van der Waals surface area contributed by atoms with E-state index in [1.54, 1.807) is 17.0 Å². The molecule has 1 fully saturated rings. The summed E-state index contributed by atoms with van der Waals surface area (Å²) in [6.45, 7) is 1.20. The smallest absolute Gasteiger partial charge is 0.241 e. The van der Waals surface area contributed by atoms with E-state index >= 15 is 0 Å². The van der Waals surface area contributed by atoms with E-state index in [-0.39, 0.29) is 17.3 Å². The Labute approximate surface area is 119 Å². The lowest BCUT2D eigenvalue weighted by Crippen LogP contribution is -2.42. The lowest BCUT2D eigenvalue weighted by atomic mass is 10.1. The van der Waals surface area contributed by atoms with Crippen LogP contribution in [0, 0.1) is 0 Å². The van der Waals surface area contributed by atoms with Gasteiger partial charge in [-0.05, 0) is 37.5 Å². The van der Waals surface area contributed by atoms with Gasteiger partial charge in [0, 0.05) is 18.8 Å². The van der Waals surface area contributed by atoms with E-state index in [2.05, 4.69) is 4.72 Å². The van der Waals surface area contributed by atoms with Gasteiger partial charge in [-0.2, -0.15) is 0 Å². The van der Waals surface area contributed by atoms with Crippen LogP contribution in [0.1, 0.15) is 19.3 Å². The third-order valence-electron chi connectivity index (χ3n) is 3.29. The maximum absolute atomic E-state index is 12.0. The number of carbonyl (C=O) groups is 1. The zero-order chi connectivity index (χ0) is 14.6. The summed E-state index contributed by atoms with van der Waals surface area (Å²) in [6.07, 6.45) is 3.08. The minimum absolute atomic E-state index is 0.0731. The fraction of sp³-hybridized carbons (Fsp3) is 0.462. The topological polar surface area (TPSA) is 92.5 Å². The highest BCUT2D eigenvalue weighted by atomic mass is 32.2. The summed E-state index contributed by atoms with van der Waals surface area (Å²) >= 11 is 0. The summed E-state index contributed by atoms with van der Waals surface area (Å²) in [5, 5.41) is 0. The van der Waals surface area contributed by atoms with E-state index in [9.17, 15) is 13.2 Å². The summed E-state index contributed by atoms with van der Waals surface area (Å²) in [5.41, 5.74) is 5.93. The molecule has 7 heteroatoms. The Morgan fingerprint density at radius 2 is 1.95 bits per heavy atom. The second-order valence-electron chi connectivity index (χ2n) is 4.84. The van der Waals surface area contributed by atoms with Gasteiger partial charge in [0.05, 0.1) is 11.4 Å². The molecule has 0 atom stereocenters. The average molecular weight is 297 g/mol. The number of rotatable bonds is 4. The van der Waals surface area contributed by atoms with Crippen molar-refractivity contribution in [2.24, 2.45) is 0 Å². The van der Waals surface area contributed by atoms with Crippen LogP contribution in [0.5, 0.6) is 0 Å². The third kappa shape index (κ3) is 3.71. The Bertz CT molecular complexity index is 580. The van der Waals surface area contributed by atoms with Gasteiger partial charge >= 0.3 is 0 Å². The van der Waals surface area contributed by atoms with Crippen molar-refractivity contribution in [3.8, 4) is 0 Å². The molecule has 0 bridgehead atoms. The van der Waals surface area contributed by atoms with E-state index < -0.39 is 10.0 Å². The molecule has 1 aliphatic heterocycles. The van der Waals surface area contributed by atoms with Crippen molar-refractivity contribution < 1.29 is 13.2 Å². The predicted octanol–water partition coefficient (Wildman–Crippen LogP) is 0.560. The van der Waals surface area contributed by atoms with Gasteiger partial charge in [-0.1, -0.05) is 6.07 Å². The zero-order valence-electron chi connectivity index (χ0n) is 11.2. The molecule has 0 aliphatic carbocycles. The van der Waals surface area contributed by atoms with Crippen molar-refractivity contribution in [3.05, 3.63) is 24.3 Å². The number of hydrogen-bond acceptors (Lipinski definition) is 4. The molecule has 3 N–H and O–H groups in total. The second-order valence-corrected chi connectivity index (χ2v) is 6.61. The minimum Gasteiger partial charge on any atom is -0.399 e. The molecular formula is C13H19N3O3S. The molecule has 6 nitrogen and oxygen atoms in total. The maximum Gasteiger partial charge on any atom is 0.241 e. The molecule has 1 heterocycles. The van der Waals surface area contributed by atoms with Crippen LogP contribution in [-0.2, 0) is 14.8 Å². The van der Waals surface area contributed by atoms with Crippen molar-refractivity contribution in [1.82, 2.24) is 9.62 Å². The molecule has 2 rings (SSSR count). The molecule has 0 aromatic heterocycles. The molecule has 20 heavy (non-hydrogen) atoms. The number of benzene rings is 1. The average Bonchev–Trinajstić information content (AvgIpc) is 2.46. The van der Waals surface area contributed by atoms with E-state index in [4.69, 9.17) is 5.73 Å². The van der Waals surface area contributed by atoms with E-state index in [0.717, 1.165) is 19.3 Å².